The summed E-state index contributed by atoms with van der Waals surface area (Å²) in [4.78, 5) is 13.4. The number of halogens is 9. The molecule has 1 N–H and O–H groups in total. The van der Waals surface area contributed by atoms with Crippen LogP contribution in [-0.2, 0) is 35.4 Å². The van der Waals surface area contributed by atoms with E-state index in [2.05, 4.69) is 0 Å². The second kappa shape index (κ2) is 8.67. The van der Waals surface area contributed by atoms with Crippen molar-refractivity contribution in [3.63, 3.8) is 0 Å². The SMILES string of the molecule is O=C(O)[C@@H]1C[C@@H]2CC[C@@](c3ccc(C(F)(F)F)cc3)(C1)N2Cc1ccc(C(F)(F)F)cc1C(F)(F)F. The van der Waals surface area contributed by atoms with Gasteiger partial charge in [-0.3, -0.25) is 9.69 Å². The van der Waals surface area contributed by atoms with Crippen molar-refractivity contribution in [2.24, 2.45) is 5.92 Å². The Labute approximate surface area is 199 Å². The summed E-state index contributed by atoms with van der Waals surface area (Å²) in [5.41, 5.74) is -5.13. The van der Waals surface area contributed by atoms with E-state index in [1.54, 1.807) is 4.90 Å². The van der Waals surface area contributed by atoms with E-state index >= 15 is 0 Å². The molecule has 2 bridgehead atoms. The molecule has 0 radical (unpaired) electrons. The normalized spacial score (nSPS) is 25.2. The molecule has 0 unspecified atom stereocenters. The second-order valence-electron chi connectivity index (χ2n) is 9.27. The molecule has 12 heteroatoms. The molecule has 2 saturated heterocycles. The van der Waals surface area contributed by atoms with Crippen LogP contribution >= 0.6 is 0 Å². The first-order chi connectivity index (χ1) is 16.5. The van der Waals surface area contributed by atoms with Crippen molar-refractivity contribution in [1.82, 2.24) is 4.90 Å². The summed E-state index contributed by atoms with van der Waals surface area (Å²) in [5, 5.41) is 9.62. The number of alkyl halides is 9. The number of piperidine rings is 1. The third-order valence-electron chi connectivity index (χ3n) is 7.20. The van der Waals surface area contributed by atoms with Crippen LogP contribution < -0.4 is 0 Å². The van der Waals surface area contributed by atoms with Crippen molar-refractivity contribution in [2.75, 3.05) is 0 Å². The van der Waals surface area contributed by atoms with Gasteiger partial charge >= 0.3 is 24.5 Å². The summed E-state index contributed by atoms with van der Waals surface area (Å²) < 4.78 is 120. The molecule has 2 aromatic rings. The van der Waals surface area contributed by atoms with Crippen molar-refractivity contribution in [1.29, 1.82) is 0 Å². The number of carboxylic acid groups (broad SMARTS) is 1. The molecule has 0 aliphatic carbocycles. The smallest absolute Gasteiger partial charge is 0.416 e. The summed E-state index contributed by atoms with van der Waals surface area (Å²) in [6, 6.07) is 4.91. The molecule has 3 nitrogen and oxygen atoms in total. The Bertz CT molecular complexity index is 1140. The minimum Gasteiger partial charge on any atom is -0.481 e. The van der Waals surface area contributed by atoms with Crippen LogP contribution in [0.1, 0.15) is 53.5 Å². The maximum absolute atomic E-state index is 13.8. The van der Waals surface area contributed by atoms with Crippen LogP contribution in [0.3, 0.4) is 0 Å². The standard InChI is InChI=1S/C24H20F9NO2/c25-22(26,27)16-5-3-15(4-6-16)21-8-7-18(9-14(11-21)20(35)36)34(21)12-13-1-2-17(23(28,29)30)10-19(13)24(31,32)33/h1-6,10,14,18H,7-9,11-12H2,(H,35,36)/t14-,18+,21+/m1/s1. The van der Waals surface area contributed by atoms with E-state index < -0.39 is 70.8 Å². The zero-order valence-electron chi connectivity index (χ0n) is 18.4. The molecule has 2 aromatic carbocycles. The lowest BCUT2D eigenvalue weighted by atomic mass is 9.76. The monoisotopic (exact) mass is 525 g/mol. The predicted molar refractivity (Wildman–Crippen MR) is 108 cm³/mol. The van der Waals surface area contributed by atoms with E-state index in [9.17, 15) is 49.4 Å². The molecule has 0 aromatic heterocycles. The molecule has 36 heavy (non-hydrogen) atoms. The third kappa shape index (κ3) is 4.79. The van der Waals surface area contributed by atoms with Gasteiger partial charge < -0.3 is 5.11 Å². The lowest BCUT2D eigenvalue weighted by molar-refractivity contribution is -0.146. The van der Waals surface area contributed by atoms with Gasteiger partial charge in [-0.25, -0.2) is 0 Å². The molecular weight excluding hydrogens is 505 g/mol. The highest BCUT2D eigenvalue weighted by molar-refractivity contribution is 5.70. The predicted octanol–water partition coefficient (Wildman–Crippen LogP) is 7.10. The van der Waals surface area contributed by atoms with Gasteiger partial charge in [0, 0.05) is 18.1 Å². The van der Waals surface area contributed by atoms with Gasteiger partial charge in [0.25, 0.3) is 0 Å². The van der Waals surface area contributed by atoms with Gasteiger partial charge in [-0.15, -0.1) is 0 Å². The van der Waals surface area contributed by atoms with Crippen molar-refractivity contribution in [3.8, 4) is 0 Å². The van der Waals surface area contributed by atoms with Crippen molar-refractivity contribution in [2.45, 2.75) is 62.3 Å². The number of benzene rings is 2. The zero-order chi connectivity index (χ0) is 26.7. The lowest BCUT2D eigenvalue weighted by Crippen LogP contribution is -2.51. The molecule has 2 aliphatic heterocycles. The number of carboxylic acids is 1. The maximum atomic E-state index is 13.8. The van der Waals surface area contributed by atoms with Crippen LogP contribution in [0.25, 0.3) is 0 Å². The van der Waals surface area contributed by atoms with E-state index in [0.717, 1.165) is 18.2 Å². The Balaban J connectivity index is 1.78. The third-order valence-corrected chi connectivity index (χ3v) is 7.20. The van der Waals surface area contributed by atoms with Gasteiger partial charge in [-0.1, -0.05) is 18.2 Å². The number of hydrogen-bond donors (Lipinski definition) is 1. The number of hydrogen-bond acceptors (Lipinski definition) is 2. The van der Waals surface area contributed by atoms with E-state index in [0.29, 0.717) is 18.1 Å². The van der Waals surface area contributed by atoms with E-state index in [1.807, 2.05) is 0 Å². The fraction of sp³-hybridized carbons (Fsp3) is 0.458. The molecule has 4 rings (SSSR count). The Kier molecular flexibility index (Phi) is 6.34. The average molecular weight is 525 g/mol. The largest absolute Gasteiger partial charge is 0.481 e. The number of nitrogens with zero attached hydrogens (tertiary/aromatic N) is 1. The Morgan fingerprint density at radius 2 is 1.47 bits per heavy atom. The highest BCUT2D eigenvalue weighted by Crippen LogP contribution is 2.54. The quantitative estimate of drug-likeness (QED) is 0.433. The molecule has 0 spiro atoms. The van der Waals surface area contributed by atoms with Gasteiger partial charge in [0.05, 0.1) is 22.6 Å². The van der Waals surface area contributed by atoms with Crippen LogP contribution in [0.5, 0.6) is 0 Å². The van der Waals surface area contributed by atoms with Gasteiger partial charge in [-0.05, 0) is 61.1 Å². The van der Waals surface area contributed by atoms with Crippen molar-refractivity contribution >= 4 is 5.97 Å². The first kappa shape index (κ1) is 26.3. The van der Waals surface area contributed by atoms with Crippen LogP contribution in [0, 0.1) is 5.92 Å². The van der Waals surface area contributed by atoms with Crippen molar-refractivity contribution < 1.29 is 49.4 Å². The number of fused-ring (bicyclic) bond motifs is 2. The fourth-order valence-corrected chi connectivity index (χ4v) is 5.54. The van der Waals surface area contributed by atoms with E-state index in [-0.39, 0.29) is 25.3 Å². The molecule has 2 heterocycles. The Morgan fingerprint density at radius 3 is 2.00 bits per heavy atom. The zero-order valence-corrected chi connectivity index (χ0v) is 18.4. The Morgan fingerprint density at radius 1 is 0.889 bits per heavy atom. The van der Waals surface area contributed by atoms with Gasteiger partial charge in [-0.2, -0.15) is 39.5 Å². The summed E-state index contributed by atoms with van der Waals surface area (Å²) in [6.45, 7) is -0.439. The minimum absolute atomic E-state index is 0.0477. The Hall–Kier alpha value is -2.76. The number of carbonyl (C=O) groups is 1. The molecule has 2 fully saturated rings. The van der Waals surface area contributed by atoms with Gasteiger partial charge in [0.15, 0.2) is 0 Å². The minimum atomic E-state index is -5.09. The van der Waals surface area contributed by atoms with Gasteiger partial charge in [0.1, 0.15) is 0 Å². The average Bonchev–Trinajstić information content (AvgIpc) is 2.96. The number of aliphatic carboxylic acids is 1. The van der Waals surface area contributed by atoms with Crippen LogP contribution in [0.4, 0.5) is 39.5 Å². The topological polar surface area (TPSA) is 40.5 Å². The summed E-state index contributed by atoms with van der Waals surface area (Å²) in [5.74, 6) is -1.99. The lowest BCUT2D eigenvalue weighted by Gasteiger charge is -2.47. The van der Waals surface area contributed by atoms with Crippen LogP contribution in [0.2, 0.25) is 0 Å². The maximum Gasteiger partial charge on any atom is 0.416 e. The molecule has 2 aliphatic rings. The first-order valence-corrected chi connectivity index (χ1v) is 11.0. The van der Waals surface area contributed by atoms with Crippen molar-refractivity contribution in [3.05, 3.63) is 70.3 Å². The summed E-state index contributed by atoms with van der Waals surface area (Å²) in [6.07, 6.45) is -14.0. The molecular formula is C24H20F9NO2. The summed E-state index contributed by atoms with van der Waals surface area (Å²) >= 11 is 0. The van der Waals surface area contributed by atoms with E-state index in [4.69, 9.17) is 0 Å². The molecule has 0 amide bonds. The molecule has 196 valence electrons. The first-order valence-electron chi connectivity index (χ1n) is 11.0. The molecule has 0 saturated carbocycles. The highest BCUT2D eigenvalue weighted by Gasteiger charge is 2.54. The summed E-state index contributed by atoms with van der Waals surface area (Å²) in [7, 11) is 0. The number of rotatable bonds is 4. The molecule has 3 atom stereocenters. The van der Waals surface area contributed by atoms with Gasteiger partial charge in [0.2, 0.25) is 0 Å². The van der Waals surface area contributed by atoms with Crippen LogP contribution in [0.15, 0.2) is 42.5 Å². The second-order valence-corrected chi connectivity index (χ2v) is 9.27. The fourth-order valence-electron chi connectivity index (χ4n) is 5.54. The van der Waals surface area contributed by atoms with E-state index in [1.165, 1.54) is 12.1 Å². The van der Waals surface area contributed by atoms with Crippen LogP contribution in [-0.4, -0.2) is 22.0 Å². The highest BCUT2D eigenvalue weighted by atomic mass is 19.4.